The molecule has 3 heterocycles. The zero-order valence-electron chi connectivity index (χ0n) is 26.0. The Hall–Kier alpha value is -2.76. The Bertz CT molecular complexity index is 1350. The highest BCUT2D eigenvalue weighted by atomic mass is 79.9. The van der Waals surface area contributed by atoms with Gasteiger partial charge in [-0.05, 0) is 81.6 Å². The summed E-state index contributed by atoms with van der Waals surface area (Å²) in [4.78, 5) is 46.4. The third kappa shape index (κ3) is 5.71. The average molecular weight is 688 g/mol. The predicted molar refractivity (Wildman–Crippen MR) is 180 cm³/mol. The molecule has 3 saturated heterocycles. The molecule has 3 fully saturated rings. The van der Waals surface area contributed by atoms with Gasteiger partial charge in [-0.15, -0.1) is 11.8 Å². The van der Waals surface area contributed by atoms with Crippen LogP contribution in [0, 0.1) is 17.8 Å². The Labute approximate surface area is 272 Å². The minimum Gasteiger partial charge on any atom is -0.494 e. The number of rotatable bonds is 12. The summed E-state index contributed by atoms with van der Waals surface area (Å²) < 4.78 is 4.71. The molecule has 9 nitrogen and oxygen atoms in total. The molecule has 0 aliphatic carbocycles. The number of carbonyl (C=O) groups excluding carboxylic acids is 3. The van der Waals surface area contributed by atoms with Gasteiger partial charge < -0.3 is 30.3 Å². The molecule has 11 heteroatoms. The Balaban J connectivity index is 1.46. The van der Waals surface area contributed by atoms with Gasteiger partial charge in [-0.2, -0.15) is 0 Å². The van der Waals surface area contributed by atoms with Crippen LogP contribution in [0.1, 0.15) is 41.0 Å². The second-order valence-electron chi connectivity index (χ2n) is 12.1. The summed E-state index contributed by atoms with van der Waals surface area (Å²) in [5, 5.41) is 16.4. The summed E-state index contributed by atoms with van der Waals surface area (Å²) >= 11 is 5.40. The van der Waals surface area contributed by atoms with Crippen LogP contribution >= 0.6 is 27.7 Å². The van der Waals surface area contributed by atoms with Crippen molar-refractivity contribution >= 4 is 62.5 Å². The fraction of sp³-hybridized carbons (Fsp3) is 0.545. The zero-order valence-corrected chi connectivity index (χ0v) is 28.4. The van der Waals surface area contributed by atoms with Gasteiger partial charge in [0.1, 0.15) is 11.8 Å². The number of hydrogen-bond donors (Lipinski definition) is 3. The molecule has 3 aliphatic heterocycles. The number of fused-ring (bicyclic) bond motifs is 1. The molecule has 2 aromatic carbocycles. The van der Waals surface area contributed by atoms with Gasteiger partial charge in [0, 0.05) is 40.2 Å². The standard InChI is InChI=1S/C33H43BrN4O5S/c1-6-37(7-2)22-13-9-20(10-14-22)36-31(41)29-33-17-24(34)28(44-33)26(27(33)32(42)38(29)25(18-39)19(4)5)30(40)35-21-11-15-23(16-12-21)43-8-3/h9-16,19,24-29,39H,6-8,17-18H2,1-5H3,(H,35,40)(H,36,41)/t24?,25-,26-,27-,28-,29?,33?/m0/s1. The third-order valence-corrected chi connectivity index (χ3v) is 12.5. The summed E-state index contributed by atoms with van der Waals surface area (Å²) in [7, 11) is 0. The van der Waals surface area contributed by atoms with Crippen molar-refractivity contribution in [1.29, 1.82) is 0 Å². The van der Waals surface area contributed by atoms with Crippen LogP contribution in [0.25, 0.3) is 0 Å². The van der Waals surface area contributed by atoms with Crippen molar-refractivity contribution in [2.24, 2.45) is 17.8 Å². The van der Waals surface area contributed by atoms with Crippen molar-refractivity contribution in [3.8, 4) is 5.75 Å². The van der Waals surface area contributed by atoms with Crippen LogP contribution in [-0.4, -0.2) is 80.9 Å². The molecule has 0 aromatic heterocycles. The first kappa shape index (κ1) is 32.6. The average Bonchev–Trinajstić information content (AvgIpc) is 3.59. The van der Waals surface area contributed by atoms with Gasteiger partial charge in [0.05, 0.1) is 35.8 Å². The summed E-state index contributed by atoms with van der Waals surface area (Å²) in [6, 6.07) is 13.5. The van der Waals surface area contributed by atoms with Crippen molar-refractivity contribution in [3.05, 3.63) is 48.5 Å². The summed E-state index contributed by atoms with van der Waals surface area (Å²) in [6.45, 7) is 12.0. The van der Waals surface area contributed by atoms with E-state index in [1.807, 2.05) is 45.0 Å². The lowest BCUT2D eigenvalue weighted by molar-refractivity contribution is -0.142. The number of halogens is 1. The molecule has 3 aliphatic rings. The fourth-order valence-electron chi connectivity index (χ4n) is 7.23. The van der Waals surface area contributed by atoms with Crippen LogP contribution in [0.5, 0.6) is 5.75 Å². The van der Waals surface area contributed by atoms with E-state index in [0.29, 0.717) is 30.2 Å². The molecule has 2 aromatic rings. The highest BCUT2D eigenvalue weighted by molar-refractivity contribution is 9.09. The summed E-state index contributed by atoms with van der Waals surface area (Å²) in [5.41, 5.74) is 2.32. The molecule has 2 bridgehead atoms. The van der Waals surface area contributed by atoms with Crippen molar-refractivity contribution < 1.29 is 24.2 Å². The first-order valence-corrected chi connectivity index (χ1v) is 17.3. The monoisotopic (exact) mass is 686 g/mol. The lowest BCUT2D eigenvalue weighted by atomic mass is 9.70. The number of ether oxygens (including phenoxy) is 1. The number of aliphatic hydroxyl groups excluding tert-OH is 1. The molecule has 1 spiro atoms. The van der Waals surface area contributed by atoms with Gasteiger partial charge in [0.15, 0.2) is 0 Å². The molecule has 0 radical (unpaired) electrons. The quantitative estimate of drug-likeness (QED) is 0.270. The number of amides is 3. The van der Waals surface area contributed by atoms with Gasteiger partial charge in [-0.25, -0.2) is 0 Å². The Morgan fingerprint density at radius 3 is 2.18 bits per heavy atom. The normalized spacial score (nSPS) is 27.8. The maximum atomic E-state index is 14.4. The number of nitrogens with one attached hydrogen (secondary N) is 2. The van der Waals surface area contributed by atoms with Crippen molar-refractivity contribution in [1.82, 2.24) is 4.90 Å². The molecule has 3 unspecified atom stereocenters. The van der Waals surface area contributed by atoms with Crippen LogP contribution < -0.4 is 20.3 Å². The third-order valence-electron chi connectivity index (χ3n) is 9.29. The molecule has 0 saturated carbocycles. The van der Waals surface area contributed by atoms with Crippen LogP contribution in [0.2, 0.25) is 0 Å². The lowest BCUT2D eigenvalue weighted by Gasteiger charge is -2.38. The zero-order chi connectivity index (χ0) is 31.8. The number of benzene rings is 2. The molecule has 44 heavy (non-hydrogen) atoms. The van der Waals surface area contributed by atoms with Crippen LogP contribution in [-0.2, 0) is 14.4 Å². The lowest BCUT2D eigenvalue weighted by Crippen LogP contribution is -2.56. The number of alkyl halides is 1. The molecular weight excluding hydrogens is 644 g/mol. The first-order chi connectivity index (χ1) is 21.1. The Morgan fingerprint density at radius 2 is 1.64 bits per heavy atom. The van der Waals surface area contributed by atoms with E-state index < -0.39 is 28.7 Å². The SMILES string of the molecule is CCOc1ccc(NC(=O)[C@H]2[C@H]3C(=O)N([C@@H](CO)C(C)C)C(C(=O)Nc4ccc(N(CC)CC)cc4)C34CC(Br)[C@@H]2S4)cc1. The fourth-order valence-corrected chi connectivity index (χ4v) is 10.8. The van der Waals surface area contributed by atoms with Crippen molar-refractivity contribution in [3.63, 3.8) is 0 Å². The van der Waals surface area contributed by atoms with E-state index in [1.165, 1.54) is 0 Å². The maximum Gasteiger partial charge on any atom is 0.248 e. The first-order valence-electron chi connectivity index (χ1n) is 15.5. The van der Waals surface area contributed by atoms with Gasteiger partial charge in [0.25, 0.3) is 0 Å². The minimum absolute atomic E-state index is 0.0529. The molecule has 5 rings (SSSR count). The molecule has 238 valence electrons. The summed E-state index contributed by atoms with van der Waals surface area (Å²) in [6.07, 6.45) is 0.567. The van der Waals surface area contributed by atoms with E-state index >= 15 is 0 Å². The van der Waals surface area contributed by atoms with E-state index in [2.05, 4.69) is 45.3 Å². The van der Waals surface area contributed by atoms with E-state index in [1.54, 1.807) is 40.9 Å². The van der Waals surface area contributed by atoms with Gasteiger partial charge >= 0.3 is 0 Å². The predicted octanol–water partition coefficient (Wildman–Crippen LogP) is 4.99. The van der Waals surface area contributed by atoms with Gasteiger partial charge in [0.2, 0.25) is 17.7 Å². The summed E-state index contributed by atoms with van der Waals surface area (Å²) in [5.74, 6) is -1.50. The number of hydrogen-bond acceptors (Lipinski definition) is 7. The van der Waals surface area contributed by atoms with Gasteiger partial charge in [-0.3, -0.25) is 14.4 Å². The second-order valence-corrected chi connectivity index (χ2v) is 14.8. The molecule has 3 amide bonds. The highest BCUT2D eigenvalue weighted by Gasteiger charge is 2.76. The second kappa shape index (κ2) is 13.3. The van der Waals surface area contributed by atoms with Crippen LogP contribution in [0.15, 0.2) is 48.5 Å². The Kier molecular flexibility index (Phi) is 9.87. The number of thioether (sulfide) groups is 1. The topological polar surface area (TPSA) is 111 Å². The van der Waals surface area contributed by atoms with Crippen LogP contribution in [0.4, 0.5) is 17.1 Å². The van der Waals surface area contributed by atoms with E-state index in [4.69, 9.17) is 4.74 Å². The van der Waals surface area contributed by atoms with E-state index in [-0.39, 0.29) is 40.3 Å². The van der Waals surface area contributed by atoms with Gasteiger partial charge in [-0.1, -0.05) is 29.8 Å². The Morgan fingerprint density at radius 1 is 1.05 bits per heavy atom. The number of nitrogens with zero attached hydrogens (tertiary/aromatic N) is 2. The number of likely N-dealkylation sites (tertiary alicyclic amines) is 1. The molecule has 7 atom stereocenters. The largest absolute Gasteiger partial charge is 0.494 e. The number of aliphatic hydroxyl groups is 1. The minimum atomic E-state index is -0.847. The molecule has 3 N–H and O–H groups in total. The smallest absolute Gasteiger partial charge is 0.248 e. The highest BCUT2D eigenvalue weighted by Crippen LogP contribution is 2.68. The molecular formula is C33H43BrN4O5S. The van der Waals surface area contributed by atoms with E-state index in [0.717, 1.165) is 18.8 Å². The number of anilines is 3. The maximum absolute atomic E-state index is 14.4. The number of carbonyl (C=O) groups is 3. The van der Waals surface area contributed by atoms with Crippen LogP contribution in [0.3, 0.4) is 0 Å². The van der Waals surface area contributed by atoms with E-state index in [9.17, 15) is 19.5 Å². The van der Waals surface area contributed by atoms with Crippen molar-refractivity contribution in [2.45, 2.75) is 67.9 Å². The van der Waals surface area contributed by atoms with Crippen molar-refractivity contribution in [2.75, 3.05) is 41.8 Å².